The van der Waals surface area contributed by atoms with Crippen LogP contribution in [0.25, 0.3) is 0 Å². The Labute approximate surface area is 80.4 Å². The molecule has 1 rings (SSSR count). The lowest BCUT2D eigenvalue weighted by atomic mass is 9.82. The van der Waals surface area contributed by atoms with Crippen LogP contribution in [-0.4, -0.2) is 24.0 Å². The molecule has 1 N–H and O–H groups in total. The van der Waals surface area contributed by atoms with E-state index in [1.165, 1.54) is 13.4 Å². The van der Waals surface area contributed by atoms with Gasteiger partial charge in [0.05, 0.1) is 13.4 Å². The minimum absolute atomic E-state index is 0.240. The highest BCUT2D eigenvalue weighted by Crippen LogP contribution is 2.42. The number of allylic oxidation sites excluding steroid dienone is 1. The molecule has 0 saturated heterocycles. The second kappa shape index (κ2) is 3.81. The van der Waals surface area contributed by atoms with Crippen LogP contribution < -0.4 is 0 Å². The summed E-state index contributed by atoms with van der Waals surface area (Å²) < 4.78 is 41.7. The highest BCUT2D eigenvalue weighted by Gasteiger charge is 2.53. The molecule has 82 valence electrons. The molecular formula is C9H13F3O2. The summed E-state index contributed by atoms with van der Waals surface area (Å²) in [5, 5.41) is 9.30. The lowest BCUT2D eigenvalue weighted by Crippen LogP contribution is -2.46. The quantitative estimate of drug-likeness (QED) is 0.673. The molecule has 0 amide bonds. The van der Waals surface area contributed by atoms with Gasteiger partial charge < -0.3 is 9.84 Å². The van der Waals surface area contributed by atoms with E-state index in [0.29, 0.717) is 0 Å². The number of hydrogen-bond acceptors (Lipinski definition) is 2. The third-order valence-corrected chi connectivity index (χ3v) is 2.53. The smallest absolute Gasteiger partial charge is 0.417 e. The lowest BCUT2D eigenvalue weighted by molar-refractivity contribution is -0.267. The summed E-state index contributed by atoms with van der Waals surface area (Å²) in [6.45, 7) is 0. The van der Waals surface area contributed by atoms with Crippen molar-refractivity contribution in [3.05, 3.63) is 11.8 Å². The number of hydrogen-bond donors (Lipinski definition) is 1. The number of ether oxygens (including phenoxy) is 1. The van der Waals surface area contributed by atoms with Crippen LogP contribution in [0.3, 0.4) is 0 Å². The second-order valence-corrected chi connectivity index (χ2v) is 3.54. The fourth-order valence-corrected chi connectivity index (χ4v) is 1.55. The Morgan fingerprint density at radius 3 is 2.21 bits per heavy atom. The zero-order valence-corrected chi connectivity index (χ0v) is 7.90. The Bertz CT molecular complexity index is 223. The molecule has 1 aliphatic carbocycles. The molecule has 1 saturated carbocycles. The maximum Gasteiger partial charge on any atom is 0.417 e. The van der Waals surface area contributed by atoms with Gasteiger partial charge in [-0.2, -0.15) is 13.2 Å². The number of aliphatic hydroxyl groups is 1. The summed E-state index contributed by atoms with van der Waals surface area (Å²) in [6.07, 6.45) is -3.13. The molecule has 0 heterocycles. The van der Waals surface area contributed by atoms with E-state index in [0.717, 1.165) is 5.57 Å². The Hall–Kier alpha value is -0.710. The van der Waals surface area contributed by atoms with Crippen LogP contribution in [0.15, 0.2) is 11.8 Å². The number of halogens is 3. The Balaban J connectivity index is 2.62. The van der Waals surface area contributed by atoms with Crippen molar-refractivity contribution in [2.45, 2.75) is 37.5 Å². The lowest BCUT2D eigenvalue weighted by Gasteiger charge is -2.34. The molecule has 0 spiro atoms. The Kier molecular flexibility index (Phi) is 3.09. The van der Waals surface area contributed by atoms with Crippen molar-refractivity contribution in [3.63, 3.8) is 0 Å². The highest BCUT2D eigenvalue weighted by atomic mass is 19.4. The van der Waals surface area contributed by atoms with E-state index in [2.05, 4.69) is 0 Å². The highest BCUT2D eigenvalue weighted by molar-refractivity contribution is 5.07. The van der Waals surface area contributed by atoms with Gasteiger partial charge in [-0.25, -0.2) is 0 Å². The van der Waals surface area contributed by atoms with Crippen molar-refractivity contribution in [3.8, 4) is 0 Å². The summed E-state index contributed by atoms with van der Waals surface area (Å²) in [7, 11) is 1.46. The number of alkyl halides is 3. The molecule has 0 aromatic rings. The van der Waals surface area contributed by atoms with Gasteiger partial charge in [0.2, 0.25) is 0 Å². The van der Waals surface area contributed by atoms with E-state index >= 15 is 0 Å². The maximum absolute atomic E-state index is 12.3. The first-order chi connectivity index (χ1) is 6.39. The molecule has 0 atom stereocenters. The van der Waals surface area contributed by atoms with Crippen LogP contribution in [0.5, 0.6) is 0 Å². The Morgan fingerprint density at radius 2 is 1.86 bits per heavy atom. The van der Waals surface area contributed by atoms with Crippen molar-refractivity contribution in [1.29, 1.82) is 0 Å². The number of methoxy groups -OCH3 is 1. The molecule has 1 aliphatic rings. The molecule has 14 heavy (non-hydrogen) atoms. The van der Waals surface area contributed by atoms with Crippen molar-refractivity contribution >= 4 is 0 Å². The van der Waals surface area contributed by atoms with Crippen molar-refractivity contribution in [2.24, 2.45) is 0 Å². The van der Waals surface area contributed by atoms with E-state index in [-0.39, 0.29) is 25.7 Å². The predicted molar refractivity (Wildman–Crippen MR) is 44.6 cm³/mol. The SMILES string of the molecule is COC=C1CCC(O)(C(F)(F)F)CC1. The van der Waals surface area contributed by atoms with Crippen LogP contribution in [0.1, 0.15) is 25.7 Å². The molecule has 0 unspecified atom stereocenters. The van der Waals surface area contributed by atoms with Gasteiger partial charge in [0, 0.05) is 0 Å². The van der Waals surface area contributed by atoms with Crippen LogP contribution >= 0.6 is 0 Å². The fourth-order valence-electron chi connectivity index (χ4n) is 1.55. The molecule has 2 nitrogen and oxygen atoms in total. The van der Waals surface area contributed by atoms with Gasteiger partial charge in [0.25, 0.3) is 0 Å². The average molecular weight is 210 g/mol. The van der Waals surface area contributed by atoms with Gasteiger partial charge in [-0.05, 0) is 31.3 Å². The van der Waals surface area contributed by atoms with E-state index in [9.17, 15) is 18.3 Å². The van der Waals surface area contributed by atoms with E-state index in [1.54, 1.807) is 0 Å². The van der Waals surface area contributed by atoms with Gasteiger partial charge in [0.15, 0.2) is 5.60 Å². The monoisotopic (exact) mass is 210 g/mol. The van der Waals surface area contributed by atoms with Crippen molar-refractivity contribution < 1.29 is 23.0 Å². The van der Waals surface area contributed by atoms with Crippen molar-refractivity contribution in [1.82, 2.24) is 0 Å². The summed E-state index contributed by atoms with van der Waals surface area (Å²) >= 11 is 0. The van der Waals surface area contributed by atoms with E-state index < -0.39 is 11.8 Å². The maximum atomic E-state index is 12.3. The van der Waals surface area contributed by atoms with Crippen LogP contribution in [0, 0.1) is 0 Å². The molecule has 1 fully saturated rings. The molecule has 0 bridgehead atoms. The summed E-state index contributed by atoms with van der Waals surface area (Å²) in [5.41, 5.74) is -1.68. The summed E-state index contributed by atoms with van der Waals surface area (Å²) in [4.78, 5) is 0. The minimum Gasteiger partial charge on any atom is -0.504 e. The fraction of sp³-hybridized carbons (Fsp3) is 0.778. The largest absolute Gasteiger partial charge is 0.504 e. The first-order valence-electron chi connectivity index (χ1n) is 4.39. The molecule has 0 aliphatic heterocycles. The third-order valence-electron chi connectivity index (χ3n) is 2.53. The first-order valence-corrected chi connectivity index (χ1v) is 4.39. The zero-order valence-electron chi connectivity index (χ0n) is 7.90. The Morgan fingerprint density at radius 1 is 1.36 bits per heavy atom. The normalized spacial score (nSPS) is 28.8. The second-order valence-electron chi connectivity index (χ2n) is 3.54. The third kappa shape index (κ3) is 2.20. The summed E-state index contributed by atoms with van der Waals surface area (Å²) in [6, 6.07) is 0. The molecule has 0 aromatic heterocycles. The first kappa shape index (κ1) is 11.4. The number of rotatable bonds is 1. The van der Waals surface area contributed by atoms with Gasteiger partial charge in [-0.1, -0.05) is 0 Å². The average Bonchev–Trinajstić information content (AvgIpc) is 2.08. The topological polar surface area (TPSA) is 29.5 Å². The van der Waals surface area contributed by atoms with Gasteiger partial charge in [-0.15, -0.1) is 0 Å². The minimum atomic E-state index is -4.52. The molecule has 0 radical (unpaired) electrons. The zero-order chi connectivity index (χ0) is 10.8. The van der Waals surface area contributed by atoms with E-state index in [1.807, 2.05) is 0 Å². The standard InChI is InChI=1S/C9H13F3O2/c1-14-6-7-2-4-8(13,5-3-7)9(10,11)12/h6,13H,2-5H2,1H3. The molecular weight excluding hydrogens is 197 g/mol. The van der Waals surface area contributed by atoms with Crippen molar-refractivity contribution in [2.75, 3.05) is 7.11 Å². The molecule has 0 aromatic carbocycles. The van der Waals surface area contributed by atoms with Gasteiger partial charge in [-0.3, -0.25) is 0 Å². The van der Waals surface area contributed by atoms with Gasteiger partial charge in [0.1, 0.15) is 0 Å². The predicted octanol–water partition coefficient (Wildman–Crippen LogP) is 2.38. The van der Waals surface area contributed by atoms with Crippen LogP contribution in [0.2, 0.25) is 0 Å². The van der Waals surface area contributed by atoms with E-state index in [4.69, 9.17) is 4.74 Å². The molecule has 5 heteroatoms. The van der Waals surface area contributed by atoms with Crippen LogP contribution in [-0.2, 0) is 4.74 Å². The summed E-state index contributed by atoms with van der Waals surface area (Å²) in [5.74, 6) is 0. The van der Waals surface area contributed by atoms with Gasteiger partial charge >= 0.3 is 6.18 Å². The van der Waals surface area contributed by atoms with Crippen LogP contribution in [0.4, 0.5) is 13.2 Å².